The van der Waals surface area contributed by atoms with Gasteiger partial charge < -0.3 is 10.4 Å². The highest BCUT2D eigenvalue weighted by Crippen LogP contribution is 2.29. The van der Waals surface area contributed by atoms with Crippen LogP contribution in [-0.4, -0.2) is 17.8 Å². The second-order valence-electron chi connectivity index (χ2n) is 3.74. The summed E-state index contributed by atoms with van der Waals surface area (Å²) in [6, 6.07) is 6.59. The van der Waals surface area contributed by atoms with E-state index in [9.17, 15) is 0 Å². The standard InChI is InChI=1S/C12H15NOS2/c1-9(7-14)13-6-11-5-10(8-16-11)12-3-2-4-15-12/h2-5,8-9,13-14H,6-7H2,1H3/t9-/m1/s1. The Morgan fingerprint density at radius 2 is 2.31 bits per heavy atom. The number of hydrogen-bond acceptors (Lipinski definition) is 4. The molecule has 0 fully saturated rings. The third-order valence-corrected chi connectivity index (χ3v) is 4.21. The molecule has 0 radical (unpaired) electrons. The van der Waals surface area contributed by atoms with E-state index in [1.165, 1.54) is 15.3 Å². The minimum absolute atomic E-state index is 0.160. The van der Waals surface area contributed by atoms with Crippen molar-refractivity contribution in [1.82, 2.24) is 5.32 Å². The predicted molar refractivity (Wildman–Crippen MR) is 71.0 cm³/mol. The van der Waals surface area contributed by atoms with Crippen LogP contribution in [0.3, 0.4) is 0 Å². The van der Waals surface area contributed by atoms with Crippen LogP contribution < -0.4 is 5.32 Å². The van der Waals surface area contributed by atoms with Crippen molar-refractivity contribution in [3.63, 3.8) is 0 Å². The highest BCUT2D eigenvalue weighted by Gasteiger charge is 2.04. The van der Waals surface area contributed by atoms with E-state index in [1.54, 1.807) is 22.7 Å². The second kappa shape index (κ2) is 5.59. The Morgan fingerprint density at radius 1 is 1.44 bits per heavy atom. The lowest BCUT2D eigenvalue weighted by Crippen LogP contribution is -2.28. The number of aliphatic hydroxyl groups excluding tert-OH is 1. The van der Waals surface area contributed by atoms with Gasteiger partial charge in [-0.1, -0.05) is 6.07 Å². The number of rotatable bonds is 5. The fraction of sp³-hybridized carbons (Fsp3) is 0.333. The van der Waals surface area contributed by atoms with E-state index < -0.39 is 0 Å². The van der Waals surface area contributed by atoms with Crippen molar-refractivity contribution >= 4 is 22.7 Å². The molecular formula is C12H15NOS2. The predicted octanol–water partition coefficient (Wildman–Crippen LogP) is 2.95. The largest absolute Gasteiger partial charge is 0.395 e. The monoisotopic (exact) mass is 253 g/mol. The number of aliphatic hydroxyl groups is 1. The summed E-state index contributed by atoms with van der Waals surface area (Å²) >= 11 is 3.53. The molecule has 2 N–H and O–H groups in total. The summed E-state index contributed by atoms with van der Waals surface area (Å²) in [7, 11) is 0. The molecule has 2 rings (SSSR count). The molecular weight excluding hydrogens is 238 g/mol. The lowest BCUT2D eigenvalue weighted by atomic mass is 10.2. The molecule has 16 heavy (non-hydrogen) atoms. The van der Waals surface area contributed by atoms with Crippen molar-refractivity contribution in [2.24, 2.45) is 0 Å². The molecule has 4 heteroatoms. The van der Waals surface area contributed by atoms with Crippen molar-refractivity contribution in [1.29, 1.82) is 0 Å². The van der Waals surface area contributed by atoms with Crippen LogP contribution in [0.5, 0.6) is 0 Å². The zero-order valence-electron chi connectivity index (χ0n) is 9.14. The molecule has 0 bridgehead atoms. The Hall–Kier alpha value is -0.680. The molecule has 0 saturated carbocycles. The van der Waals surface area contributed by atoms with Gasteiger partial charge in [-0.05, 0) is 29.8 Å². The molecule has 0 saturated heterocycles. The summed E-state index contributed by atoms with van der Waals surface area (Å²) in [6.45, 7) is 2.99. The molecule has 0 aliphatic rings. The molecule has 1 atom stereocenters. The van der Waals surface area contributed by atoms with Crippen LogP contribution in [0.1, 0.15) is 11.8 Å². The fourth-order valence-electron chi connectivity index (χ4n) is 1.38. The summed E-state index contributed by atoms with van der Waals surface area (Å²) in [5.74, 6) is 0. The number of thiophene rings is 2. The van der Waals surface area contributed by atoms with Crippen molar-refractivity contribution in [3.05, 3.63) is 33.8 Å². The minimum Gasteiger partial charge on any atom is -0.395 e. The molecule has 86 valence electrons. The van der Waals surface area contributed by atoms with Crippen molar-refractivity contribution < 1.29 is 5.11 Å². The average molecular weight is 253 g/mol. The minimum atomic E-state index is 0.160. The molecule has 0 amide bonds. The van der Waals surface area contributed by atoms with Crippen molar-refractivity contribution in [3.8, 4) is 10.4 Å². The fourth-order valence-corrected chi connectivity index (χ4v) is 3.01. The maximum atomic E-state index is 8.91. The van der Waals surface area contributed by atoms with E-state index in [0.29, 0.717) is 0 Å². The molecule has 0 aliphatic heterocycles. The molecule has 2 heterocycles. The molecule has 2 nitrogen and oxygen atoms in total. The van der Waals surface area contributed by atoms with Crippen LogP contribution in [0.4, 0.5) is 0 Å². The molecule has 2 aromatic rings. The maximum Gasteiger partial charge on any atom is 0.0582 e. The molecule has 0 aliphatic carbocycles. The normalized spacial score (nSPS) is 12.9. The van der Waals surface area contributed by atoms with Crippen LogP contribution in [-0.2, 0) is 6.54 Å². The summed E-state index contributed by atoms with van der Waals surface area (Å²) in [6.07, 6.45) is 0. The first-order chi connectivity index (χ1) is 7.79. The number of nitrogens with one attached hydrogen (secondary N) is 1. The first kappa shape index (κ1) is 11.8. The Labute approximate surface area is 104 Å². The SMILES string of the molecule is C[C@H](CO)NCc1cc(-c2cccs2)cs1. The Balaban J connectivity index is 1.98. The van der Waals surface area contributed by atoms with E-state index in [1.807, 2.05) is 6.92 Å². The van der Waals surface area contributed by atoms with E-state index in [4.69, 9.17) is 5.11 Å². The van der Waals surface area contributed by atoms with Gasteiger partial charge in [-0.15, -0.1) is 22.7 Å². The van der Waals surface area contributed by atoms with Gasteiger partial charge in [-0.3, -0.25) is 0 Å². The summed E-state index contributed by atoms with van der Waals surface area (Å²) in [5, 5.41) is 16.5. The van der Waals surface area contributed by atoms with Crippen LogP contribution in [0, 0.1) is 0 Å². The molecule has 0 spiro atoms. The Morgan fingerprint density at radius 3 is 3.00 bits per heavy atom. The Kier molecular flexibility index (Phi) is 4.12. The molecule has 0 unspecified atom stereocenters. The van der Waals surface area contributed by atoms with Gasteiger partial charge in [0.05, 0.1) is 6.61 Å². The second-order valence-corrected chi connectivity index (χ2v) is 5.69. The number of hydrogen-bond donors (Lipinski definition) is 2. The van der Waals surface area contributed by atoms with Gasteiger partial charge in [-0.2, -0.15) is 0 Å². The van der Waals surface area contributed by atoms with Crippen LogP contribution in [0.2, 0.25) is 0 Å². The lowest BCUT2D eigenvalue weighted by molar-refractivity contribution is 0.251. The van der Waals surface area contributed by atoms with Crippen LogP contribution in [0.15, 0.2) is 29.0 Å². The highest BCUT2D eigenvalue weighted by molar-refractivity contribution is 7.14. The topological polar surface area (TPSA) is 32.3 Å². The third kappa shape index (κ3) is 2.92. The van der Waals surface area contributed by atoms with E-state index in [2.05, 4.69) is 34.3 Å². The smallest absolute Gasteiger partial charge is 0.0582 e. The van der Waals surface area contributed by atoms with Crippen molar-refractivity contribution in [2.45, 2.75) is 19.5 Å². The summed E-state index contributed by atoms with van der Waals surface area (Å²) in [4.78, 5) is 2.63. The van der Waals surface area contributed by atoms with Gasteiger partial charge >= 0.3 is 0 Å². The van der Waals surface area contributed by atoms with E-state index in [-0.39, 0.29) is 12.6 Å². The van der Waals surface area contributed by atoms with Gasteiger partial charge in [0.25, 0.3) is 0 Å². The lowest BCUT2D eigenvalue weighted by Gasteiger charge is -2.08. The van der Waals surface area contributed by atoms with Crippen LogP contribution >= 0.6 is 22.7 Å². The highest BCUT2D eigenvalue weighted by atomic mass is 32.1. The van der Waals surface area contributed by atoms with E-state index >= 15 is 0 Å². The molecule has 2 aromatic heterocycles. The zero-order valence-corrected chi connectivity index (χ0v) is 10.8. The molecule has 0 aromatic carbocycles. The average Bonchev–Trinajstić information content (AvgIpc) is 2.95. The Bertz CT molecular complexity index is 422. The van der Waals surface area contributed by atoms with Gasteiger partial charge in [0.1, 0.15) is 0 Å². The summed E-state index contributed by atoms with van der Waals surface area (Å²) in [5.41, 5.74) is 1.30. The summed E-state index contributed by atoms with van der Waals surface area (Å²) < 4.78 is 0. The quantitative estimate of drug-likeness (QED) is 0.858. The first-order valence-electron chi connectivity index (χ1n) is 5.25. The zero-order chi connectivity index (χ0) is 11.4. The van der Waals surface area contributed by atoms with Gasteiger partial charge in [0.15, 0.2) is 0 Å². The maximum absolute atomic E-state index is 8.91. The van der Waals surface area contributed by atoms with Gasteiger partial charge in [-0.25, -0.2) is 0 Å². The van der Waals surface area contributed by atoms with Crippen LogP contribution in [0.25, 0.3) is 10.4 Å². The first-order valence-corrected chi connectivity index (χ1v) is 7.01. The van der Waals surface area contributed by atoms with Crippen molar-refractivity contribution in [2.75, 3.05) is 6.61 Å². The van der Waals surface area contributed by atoms with Gasteiger partial charge in [0, 0.05) is 27.9 Å². The van der Waals surface area contributed by atoms with E-state index in [0.717, 1.165) is 6.54 Å². The van der Waals surface area contributed by atoms with Gasteiger partial charge in [0.2, 0.25) is 0 Å². The third-order valence-electron chi connectivity index (χ3n) is 2.36.